The lowest BCUT2D eigenvalue weighted by atomic mass is 10.1. The minimum Gasteiger partial charge on any atom is -0.414 e. The van der Waals surface area contributed by atoms with Gasteiger partial charge in [0.05, 0.1) is 16.1 Å². The van der Waals surface area contributed by atoms with E-state index in [2.05, 4.69) is 21.2 Å². The molecule has 0 unspecified atom stereocenters. The van der Waals surface area contributed by atoms with Gasteiger partial charge in [0.2, 0.25) is 5.89 Å². The SMILES string of the molecule is Cl.N[C@@H](Cc1c[nH]c2ccccc12)c1nnc(SCc2ccc(Cl)c(Cl)c2)o1. The van der Waals surface area contributed by atoms with Crippen molar-refractivity contribution in [3.05, 3.63) is 75.7 Å². The zero-order valence-electron chi connectivity index (χ0n) is 14.6. The fourth-order valence-corrected chi connectivity index (χ4v) is 3.86. The summed E-state index contributed by atoms with van der Waals surface area (Å²) in [6.45, 7) is 0. The van der Waals surface area contributed by atoms with Gasteiger partial charge in [-0.15, -0.1) is 22.6 Å². The summed E-state index contributed by atoms with van der Waals surface area (Å²) < 4.78 is 5.73. The van der Waals surface area contributed by atoms with Crippen LogP contribution >= 0.6 is 47.4 Å². The lowest BCUT2D eigenvalue weighted by Gasteiger charge is -2.05. The van der Waals surface area contributed by atoms with E-state index in [4.69, 9.17) is 33.4 Å². The third kappa shape index (κ3) is 4.64. The standard InChI is InChI=1S/C19H16Cl2N4OS.ClH/c20-14-6-5-11(7-15(14)21)10-27-19-25-24-18(26-19)16(22)8-12-9-23-17-4-2-1-3-13(12)17;/h1-7,9,16,23H,8,10,22H2;1H/t16-;/m0./s1. The number of thioether (sulfide) groups is 1. The van der Waals surface area contributed by atoms with Crippen LogP contribution in [0.2, 0.25) is 10.0 Å². The predicted octanol–water partition coefficient (Wildman–Crippen LogP) is 5.81. The van der Waals surface area contributed by atoms with Crippen LogP contribution in [0.5, 0.6) is 0 Å². The molecule has 0 saturated heterocycles. The summed E-state index contributed by atoms with van der Waals surface area (Å²) in [5, 5.41) is 10.9. The Bertz CT molecular complexity index is 1080. The monoisotopic (exact) mass is 454 g/mol. The fourth-order valence-electron chi connectivity index (χ4n) is 2.83. The summed E-state index contributed by atoms with van der Waals surface area (Å²) in [6, 6.07) is 13.3. The zero-order valence-corrected chi connectivity index (χ0v) is 17.7. The summed E-state index contributed by atoms with van der Waals surface area (Å²) >= 11 is 13.4. The number of aromatic amines is 1. The number of fused-ring (bicyclic) bond motifs is 1. The Kier molecular flexibility index (Phi) is 6.91. The number of H-pyrrole nitrogens is 1. The lowest BCUT2D eigenvalue weighted by Crippen LogP contribution is -2.13. The number of nitrogens with two attached hydrogens (primary N) is 1. The Balaban J connectivity index is 0.00000225. The van der Waals surface area contributed by atoms with Crippen molar-refractivity contribution >= 4 is 58.3 Å². The summed E-state index contributed by atoms with van der Waals surface area (Å²) in [5.74, 6) is 1.08. The number of halogens is 3. The number of rotatable bonds is 6. The van der Waals surface area contributed by atoms with Crippen LogP contribution in [0.25, 0.3) is 10.9 Å². The molecule has 28 heavy (non-hydrogen) atoms. The first kappa shape index (κ1) is 21.0. The van der Waals surface area contributed by atoms with Gasteiger partial charge in [0, 0.05) is 22.9 Å². The molecule has 0 fully saturated rings. The highest BCUT2D eigenvalue weighted by atomic mass is 35.5. The van der Waals surface area contributed by atoms with Crippen LogP contribution in [0.3, 0.4) is 0 Å². The van der Waals surface area contributed by atoms with Gasteiger partial charge in [0.1, 0.15) is 0 Å². The minimum absolute atomic E-state index is 0. The molecule has 9 heteroatoms. The van der Waals surface area contributed by atoms with E-state index in [9.17, 15) is 0 Å². The molecular formula is C19H17Cl3N4OS. The van der Waals surface area contributed by atoms with E-state index in [1.54, 1.807) is 6.07 Å². The van der Waals surface area contributed by atoms with Crippen LogP contribution in [-0.4, -0.2) is 15.2 Å². The van der Waals surface area contributed by atoms with Crippen molar-refractivity contribution in [1.29, 1.82) is 0 Å². The van der Waals surface area contributed by atoms with E-state index in [1.165, 1.54) is 11.8 Å². The summed E-state index contributed by atoms with van der Waals surface area (Å²) in [6.07, 6.45) is 2.59. The largest absolute Gasteiger partial charge is 0.414 e. The van der Waals surface area contributed by atoms with Crippen molar-refractivity contribution in [2.45, 2.75) is 23.4 Å². The van der Waals surface area contributed by atoms with Crippen molar-refractivity contribution in [3.8, 4) is 0 Å². The van der Waals surface area contributed by atoms with Crippen molar-refractivity contribution in [2.24, 2.45) is 5.73 Å². The lowest BCUT2D eigenvalue weighted by molar-refractivity contribution is 0.385. The molecule has 2 heterocycles. The van der Waals surface area contributed by atoms with E-state index >= 15 is 0 Å². The number of para-hydroxylation sites is 1. The first-order chi connectivity index (χ1) is 13.1. The molecule has 4 rings (SSSR count). The molecule has 2 aromatic heterocycles. The van der Waals surface area contributed by atoms with Crippen LogP contribution < -0.4 is 5.73 Å². The van der Waals surface area contributed by atoms with Gasteiger partial charge in [-0.25, -0.2) is 0 Å². The van der Waals surface area contributed by atoms with E-state index in [0.29, 0.717) is 33.3 Å². The van der Waals surface area contributed by atoms with Crippen LogP contribution in [0.15, 0.2) is 58.3 Å². The minimum atomic E-state index is -0.365. The average molecular weight is 456 g/mol. The van der Waals surface area contributed by atoms with Crippen LogP contribution in [0, 0.1) is 0 Å². The summed E-state index contributed by atoms with van der Waals surface area (Å²) in [7, 11) is 0. The van der Waals surface area contributed by atoms with E-state index in [-0.39, 0.29) is 18.4 Å². The van der Waals surface area contributed by atoms with Crippen LogP contribution in [0.1, 0.15) is 23.1 Å². The molecule has 5 nitrogen and oxygen atoms in total. The molecule has 0 bridgehead atoms. The number of hydrogen-bond donors (Lipinski definition) is 2. The van der Waals surface area contributed by atoms with Gasteiger partial charge >= 0.3 is 0 Å². The third-order valence-corrected chi connectivity index (χ3v) is 5.83. The Morgan fingerprint density at radius 2 is 1.93 bits per heavy atom. The van der Waals surface area contributed by atoms with E-state index in [0.717, 1.165) is 22.0 Å². The molecular weight excluding hydrogens is 439 g/mol. The van der Waals surface area contributed by atoms with E-state index in [1.807, 2.05) is 36.5 Å². The third-order valence-electron chi connectivity index (χ3n) is 4.20. The Labute approximate surface area is 182 Å². The molecule has 0 saturated carbocycles. The van der Waals surface area contributed by atoms with Gasteiger partial charge in [0.15, 0.2) is 0 Å². The van der Waals surface area contributed by atoms with Gasteiger partial charge in [-0.3, -0.25) is 0 Å². The molecule has 146 valence electrons. The summed E-state index contributed by atoms with van der Waals surface area (Å²) in [5.41, 5.74) is 9.52. The second-order valence-electron chi connectivity index (χ2n) is 6.11. The van der Waals surface area contributed by atoms with Crippen molar-refractivity contribution < 1.29 is 4.42 Å². The average Bonchev–Trinajstić information content (AvgIpc) is 3.30. The van der Waals surface area contributed by atoms with Gasteiger partial charge in [-0.1, -0.05) is 59.2 Å². The number of nitrogens with zero attached hydrogens (tertiary/aromatic N) is 2. The number of aromatic nitrogens is 3. The molecule has 2 aromatic carbocycles. The van der Waals surface area contributed by atoms with Crippen molar-refractivity contribution in [2.75, 3.05) is 0 Å². The van der Waals surface area contributed by atoms with Gasteiger partial charge in [-0.2, -0.15) is 0 Å². The zero-order chi connectivity index (χ0) is 18.8. The summed E-state index contributed by atoms with van der Waals surface area (Å²) in [4.78, 5) is 3.25. The second-order valence-corrected chi connectivity index (χ2v) is 7.85. The normalized spacial score (nSPS) is 12.1. The Morgan fingerprint density at radius 3 is 2.75 bits per heavy atom. The quantitative estimate of drug-likeness (QED) is 0.358. The number of nitrogens with one attached hydrogen (secondary N) is 1. The number of benzene rings is 2. The first-order valence-corrected chi connectivity index (χ1v) is 10.0. The Hall–Kier alpha value is -1.70. The van der Waals surface area contributed by atoms with Gasteiger partial charge in [0.25, 0.3) is 5.22 Å². The van der Waals surface area contributed by atoms with Crippen molar-refractivity contribution in [3.63, 3.8) is 0 Å². The maximum absolute atomic E-state index is 6.28. The van der Waals surface area contributed by atoms with Crippen LogP contribution in [0.4, 0.5) is 0 Å². The molecule has 0 spiro atoms. The molecule has 1 atom stereocenters. The highest BCUT2D eigenvalue weighted by molar-refractivity contribution is 7.98. The smallest absolute Gasteiger partial charge is 0.276 e. The predicted molar refractivity (Wildman–Crippen MR) is 117 cm³/mol. The molecule has 0 aliphatic carbocycles. The molecule has 0 radical (unpaired) electrons. The molecule has 0 aliphatic heterocycles. The molecule has 3 N–H and O–H groups in total. The topological polar surface area (TPSA) is 80.7 Å². The van der Waals surface area contributed by atoms with Gasteiger partial charge < -0.3 is 15.1 Å². The second kappa shape index (κ2) is 9.20. The molecule has 4 aromatic rings. The maximum atomic E-state index is 6.28. The molecule has 0 aliphatic rings. The first-order valence-electron chi connectivity index (χ1n) is 8.31. The van der Waals surface area contributed by atoms with Crippen molar-refractivity contribution in [1.82, 2.24) is 15.2 Å². The van der Waals surface area contributed by atoms with E-state index < -0.39 is 0 Å². The molecule has 0 amide bonds. The number of hydrogen-bond acceptors (Lipinski definition) is 5. The maximum Gasteiger partial charge on any atom is 0.276 e. The highest BCUT2D eigenvalue weighted by Crippen LogP contribution is 2.28. The van der Waals surface area contributed by atoms with Crippen LogP contribution in [-0.2, 0) is 12.2 Å². The highest BCUT2D eigenvalue weighted by Gasteiger charge is 2.17. The van der Waals surface area contributed by atoms with Gasteiger partial charge in [-0.05, 0) is 35.7 Å². The fraction of sp³-hybridized carbons (Fsp3) is 0.158. The Morgan fingerprint density at radius 1 is 1.11 bits per heavy atom.